The zero-order valence-electron chi connectivity index (χ0n) is 22.3. The van der Waals surface area contributed by atoms with Gasteiger partial charge >= 0.3 is 0 Å². The summed E-state index contributed by atoms with van der Waals surface area (Å²) in [6, 6.07) is 11.6. The summed E-state index contributed by atoms with van der Waals surface area (Å²) in [4.78, 5) is 44.9. The second-order valence-corrected chi connectivity index (χ2v) is 10.4. The third kappa shape index (κ3) is 6.43. The van der Waals surface area contributed by atoms with E-state index in [1.165, 1.54) is 6.26 Å². The molecule has 12 nitrogen and oxygen atoms in total. The molecular weight excluding hydrogens is 530 g/mol. The summed E-state index contributed by atoms with van der Waals surface area (Å²) in [5.41, 5.74) is 6.89. The lowest BCUT2D eigenvalue weighted by Gasteiger charge is -2.21. The Morgan fingerprint density at radius 1 is 1.10 bits per heavy atom. The van der Waals surface area contributed by atoms with E-state index in [1.807, 2.05) is 12.1 Å². The number of nitrogens with zero attached hydrogens (tertiary/aromatic N) is 2. The van der Waals surface area contributed by atoms with Crippen molar-refractivity contribution in [1.82, 2.24) is 20.5 Å². The van der Waals surface area contributed by atoms with E-state index in [0.717, 1.165) is 18.4 Å². The second kappa shape index (κ2) is 11.5. The number of aromatic nitrogens is 1. The van der Waals surface area contributed by atoms with E-state index in [4.69, 9.17) is 24.4 Å². The van der Waals surface area contributed by atoms with Crippen LogP contribution >= 0.6 is 0 Å². The molecule has 3 amide bonds. The van der Waals surface area contributed by atoms with Crippen LogP contribution in [0.25, 0.3) is 0 Å². The monoisotopic (exact) mass is 561 g/mol. The Balaban J connectivity index is 1.28. The number of oxazole rings is 1. The molecule has 0 radical (unpaired) electrons. The normalized spacial score (nSPS) is 20.8. The number of benzene rings is 2. The lowest BCUT2D eigenvalue weighted by atomic mass is 10.1. The fraction of sp³-hybridized carbons (Fsp3) is 0.379. The van der Waals surface area contributed by atoms with Gasteiger partial charge in [-0.2, -0.15) is 0 Å². The van der Waals surface area contributed by atoms with Gasteiger partial charge in [0.05, 0.1) is 25.7 Å². The Morgan fingerprint density at radius 2 is 1.93 bits per heavy atom. The van der Waals surface area contributed by atoms with Gasteiger partial charge in [-0.15, -0.1) is 0 Å². The molecule has 2 fully saturated rings. The molecule has 1 aromatic heterocycles. The number of rotatable bonds is 5. The minimum absolute atomic E-state index is 0.0759. The molecule has 41 heavy (non-hydrogen) atoms. The van der Waals surface area contributed by atoms with Gasteiger partial charge in [0.1, 0.15) is 29.6 Å². The van der Waals surface area contributed by atoms with E-state index < -0.39 is 18.1 Å². The van der Waals surface area contributed by atoms with Crippen LogP contribution < -0.4 is 30.6 Å². The SMILES string of the molecule is NCc1nc(C(=O)N2C[C@@H]3NC(=O)c4cc(cc(OCC5CC5)c4)OCC(=O)NCc4ccc(cc4)O[C@H]3C2)co1. The number of hydrogen-bond acceptors (Lipinski definition) is 9. The van der Waals surface area contributed by atoms with Crippen molar-refractivity contribution in [1.29, 1.82) is 0 Å². The third-order valence-electron chi connectivity index (χ3n) is 7.21. The van der Waals surface area contributed by atoms with E-state index in [2.05, 4.69) is 15.6 Å². The lowest BCUT2D eigenvalue weighted by Crippen LogP contribution is -2.45. The fourth-order valence-corrected chi connectivity index (χ4v) is 4.74. The summed E-state index contributed by atoms with van der Waals surface area (Å²) in [5.74, 6) is 1.11. The fourth-order valence-electron chi connectivity index (χ4n) is 4.74. The minimum Gasteiger partial charge on any atom is -0.493 e. The first-order valence-electron chi connectivity index (χ1n) is 13.6. The number of carbonyl (C=O) groups excluding carboxylic acids is 3. The van der Waals surface area contributed by atoms with Gasteiger partial charge in [0.2, 0.25) is 5.89 Å². The maximum absolute atomic E-state index is 13.5. The molecule has 1 saturated carbocycles. The van der Waals surface area contributed by atoms with Crippen LogP contribution in [-0.4, -0.2) is 66.1 Å². The largest absolute Gasteiger partial charge is 0.493 e. The Labute approximate surface area is 236 Å². The molecule has 12 heteroatoms. The molecule has 2 aromatic carbocycles. The number of hydrogen-bond donors (Lipinski definition) is 3. The van der Waals surface area contributed by atoms with Crippen LogP contribution in [0.2, 0.25) is 0 Å². The molecule has 1 aliphatic carbocycles. The molecule has 2 atom stereocenters. The summed E-state index contributed by atoms with van der Waals surface area (Å²) in [6.45, 7) is 1.13. The van der Waals surface area contributed by atoms with Gasteiger partial charge in [0.15, 0.2) is 12.3 Å². The van der Waals surface area contributed by atoms with Crippen molar-refractivity contribution in [3.63, 3.8) is 0 Å². The van der Waals surface area contributed by atoms with E-state index in [0.29, 0.717) is 41.9 Å². The zero-order valence-corrected chi connectivity index (χ0v) is 22.3. The van der Waals surface area contributed by atoms with E-state index in [9.17, 15) is 14.4 Å². The number of fused-ring (bicyclic) bond motifs is 7. The van der Waals surface area contributed by atoms with E-state index in [-0.39, 0.29) is 49.6 Å². The number of likely N-dealkylation sites (tertiary alicyclic amines) is 1. The van der Waals surface area contributed by atoms with E-state index in [1.54, 1.807) is 35.2 Å². The lowest BCUT2D eigenvalue weighted by molar-refractivity contribution is -0.123. The summed E-state index contributed by atoms with van der Waals surface area (Å²) in [7, 11) is 0. The standard InChI is InChI=1S/C29H31N5O7/c30-10-27-32-24(15-40-27)29(37)34-12-23-25(13-34)41-20-5-3-17(4-6-20)11-31-26(35)16-39-22-8-19(28(36)33-23)7-21(9-22)38-14-18-1-2-18/h3-9,15,18,23,25H,1-2,10-14,16,30H2,(H,31,35)(H,33,36)/t23-,25-/m0/s1. The first kappa shape index (κ1) is 26.6. The Hall–Kier alpha value is -4.58. The average molecular weight is 562 g/mol. The molecule has 4 aliphatic rings. The summed E-state index contributed by atoms with van der Waals surface area (Å²) >= 11 is 0. The molecule has 4 heterocycles. The highest BCUT2D eigenvalue weighted by Gasteiger charge is 2.39. The smallest absolute Gasteiger partial charge is 0.276 e. The molecular formula is C29H31N5O7. The molecule has 1 saturated heterocycles. The first-order valence-corrected chi connectivity index (χ1v) is 13.6. The molecule has 3 aromatic rings. The maximum atomic E-state index is 13.5. The number of nitrogens with one attached hydrogen (secondary N) is 2. The average Bonchev–Trinajstić information content (AvgIpc) is 3.55. The number of carbonyl (C=O) groups is 3. The molecule has 4 N–H and O–H groups in total. The quantitative estimate of drug-likeness (QED) is 0.421. The zero-order chi connectivity index (χ0) is 28.3. The highest BCUT2D eigenvalue weighted by atomic mass is 16.5. The van der Waals surface area contributed by atoms with Crippen LogP contribution in [0, 0.1) is 5.92 Å². The molecule has 214 valence electrons. The maximum Gasteiger partial charge on any atom is 0.276 e. The van der Waals surface area contributed by atoms with Crippen LogP contribution in [0.5, 0.6) is 17.2 Å². The Kier molecular flexibility index (Phi) is 7.47. The topological polar surface area (TPSA) is 158 Å². The van der Waals surface area contributed by atoms with Crippen LogP contribution in [0.3, 0.4) is 0 Å². The molecule has 0 spiro atoms. The van der Waals surface area contributed by atoms with Crippen molar-refractivity contribution in [2.24, 2.45) is 11.7 Å². The highest BCUT2D eigenvalue weighted by Crippen LogP contribution is 2.31. The van der Waals surface area contributed by atoms with Crippen molar-refractivity contribution < 1.29 is 33.0 Å². The molecule has 7 rings (SSSR count). The predicted molar refractivity (Wildman–Crippen MR) is 144 cm³/mol. The van der Waals surface area contributed by atoms with Gasteiger partial charge < -0.3 is 39.9 Å². The Bertz CT molecular complexity index is 1440. The third-order valence-corrected chi connectivity index (χ3v) is 7.21. The van der Waals surface area contributed by atoms with Crippen molar-refractivity contribution in [2.75, 3.05) is 26.3 Å². The number of ether oxygens (including phenoxy) is 3. The van der Waals surface area contributed by atoms with Crippen LogP contribution in [0.4, 0.5) is 0 Å². The van der Waals surface area contributed by atoms with Gasteiger partial charge in [-0.3, -0.25) is 14.4 Å². The molecule has 4 bridgehead atoms. The summed E-state index contributed by atoms with van der Waals surface area (Å²) in [6.07, 6.45) is 2.97. The van der Waals surface area contributed by atoms with Crippen LogP contribution in [0.1, 0.15) is 45.1 Å². The first-order chi connectivity index (χ1) is 19.9. The summed E-state index contributed by atoms with van der Waals surface area (Å²) < 4.78 is 23.2. The van der Waals surface area contributed by atoms with Crippen molar-refractivity contribution in [3.8, 4) is 17.2 Å². The Morgan fingerprint density at radius 3 is 2.68 bits per heavy atom. The molecule has 3 aliphatic heterocycles. The van der Waals surface area contributed by atoms with E-state index >= 15 is 0 Å². The number of nitrogens with two attached hydrogens (primary N) is 1. The van der Waals surface area contributed by atoms with Gasteiger partial charge in [-0.1, -0.05) is 12.1 Å². The van der Waals surface area contributed by atoms with Crippen molar-refractivity contribution >= 4 is 17.7 Å². The minimum atomic E-state index is -0.546. The van der Waals surface area contributed by atoms with Crippen molar-refractivity contribution in [3.05, 3.63) is 71.4 Å². The van der Waals surface area contributed by atoms with Crippen LogP contribution in [0.15, 0.2) is 53.1 Å². The van der Waals surface area contributed by atoms with Crippen molar-refractivity contribution in [2.45, 2.75) is 38.1 Å². The van der Waals surface area contributed by atoms with Crippen LogP contribution in [-0.2, 0) is 17.9 Å². The van der Waals surface area contributed by atoms with Gasteiger partial charge in [0.25, 0.3) is 17.7 Å². The van der Waals surface area contributed by atoms with Gasteiger partial charge in [-0.25, -0.2) is 4.98 Å². The predicted octanol–water partition coefficient (Wildman–Crippen LogP) is 1.63. The second-order valence-electron chi connectivity index (χ2n) is 10.4. The number of amides is 3. The summed E-state index contributed by atoms with van der Waals surface area (Å²) in [5, 5.41) is 5.86. The van der Waals surface area contributed by atoms with Gasteiger partial charge in [0, 0.05) is 24.7 Å². The van der Waals surface area contributed by atoms with Gasteiger partial charge in [-0.05, 0) is 48.6 Å². The molecule has 0 unspecified atom stereocenters. The highest BCUT2D eigenvalue weighted by molar-refractivity contribution is 5.96.